The average molecular weight is 405 g/mol. The fourth-order valence-electron chi connectivity index (χ4n) is 4.92. The molecule has 1 N–H and O–H groups in total. The average Bonchev–Trinajstić information content (AvgIpc) is 3.50. The summed E-state index contributed by atoms with van der Waals surface area (Å²) in [6.07, 6.45) is 6.88. The van der Waals surface area contributed by atoms with Crippen molar-refractivity contribution in [3.05, 3.63) is 60.4 Å². The van der Waals surface area contributed by atoms with Crippen LogP contribution in [0.1, 0.15) is 5.56 Å². The van der Waals surface area contributed by atoms with Gasteiger partial charge >= 0.3 is 0 Å². The Morgan fingerprint density at radius 3 is 2.90 bits per heavy atom. The van der Waals surface area contributed by atoms with Crippen LogP contribution >= 0.6 is 0 Å². The molecule has 4 aliphatic rings. The highest BCUT2D eigenvalue weighted by Crippen LogP contribution is 2.52. The van der Waals surface area contributed by atoms with E-state index >= 15 is 0 Å². The van der Waals surface area contributed by atoms with E-state index in [1.807, 2.05) is 24.3 Å². The zero-order valence-electron chi connectivity index (χ0n) is 16.0. The van der Waals surface area contributed by atoms with Gasteiger partial charge in [-0.25, -0.2) is 0 Å². The van der Waals surface area contributed by atoms with Gasteiger partial charge in [-0.15, -0.1) is 0 Å². The summed E-state index contributed by atoms with van der Waals surface area (Å²) < 4.78 is 16.9. The molecule has 0 unspecified atom stereocenters. The predicted molar refractivity (Wildman–Crippen MR) is 105 cm³/mol. The number of ether oxygens (including phenoxy) is 3. The Bertz CT molecular complexity index is 1070. The van der Waals surface area contributed by atoms with Gasteiger partial charge in [0.2, 0.25) is 18.6 Å². The first kappa shape index (κ1) is 17.5. The number of carbonyl (C=O) groups excluding carboxylic acids is 2. The molecule has 152 valence electrons. The molecular formula is C22H19N3O5. The lowest BCUT2D eigenvalue weighted by Crippen LogP contribution is -2.41. The van der Waals surface area contributed by atoms with Gasteiger partial charge in [0.1, 0.15) is 5.60 Å². The molecule has 30 heavy (non-hydrogen) atoms. The highest BCUT2D eigenvalue weighted by Gasteiger charge is 2.66. The van der Waals surface area contributed by atoms with E-state index in [9.17, 15) is 9.59 Å². The van der Waals surface area contributed by atoms with Crippen LogP contribution in [0.15, 0.2) is 54.9 Å². The van der Waals surface area contributed by atoms with E-state index in [2.05, 4.69) is 10.3 Å². The lowest BCUT2D eigenvalue weighted by molar-refractivity contribution is -0.136. The topological polar surface area (TPSA) is 90.0 Å². The number of anilines is 1. The van der Waals surface area contributed by atoms with Gasteiger partial charge in [-0.2, -0.15) is 0 Å². The summed E-state index contributed by atoms with van der Waals surface area (Å²) in [5.74, 6) is -0.137. The third-order valence-electron chi connectivity index (χ3n) is 6.24. The van der Waals surface area contributed by atoms with Gasteiger partial charge in [-0.3, -0.25) is 14.6 Å². The number of likely N-dealkylation sites (tertiary alicyclic amines) is 1. The molecule has 8 nitrogen and oxygen atoms in total. The van der Waals surface area contributed by atoms with Gasteiger partial charge in [0.15, 0.2) is 11.5 Å². The quantitative estimate of drug-likeness (QED) is 0.780. The number of rotatable bonds is 4. The summed E-state index contributed by atoms with van der Waals surface area (Å²) in [4.78, 5) is 32.2. The third-order valence-corrected chi connectivity index (χ3v) is 6.24. The Hall–Kier alpha value is -3.39. The molecule has 2 bridgehead atoms. The number of hydrogen-bond acceptors (Lipinski definition) is 6. The van der Waals surface area contributed by atoms with Crippen molar-refractivity contribution in [3.63, 3.8) is 0 Å². The van der Waals surface area contributed by atoms with Crippen molar-refractivity contribution in [2.75, 3.05) is 18.7 Å². The Labute approximate surface area is 172 Å². The van der Waals surface area contributed by atoms with Gasteiger partial charge < -0.3 is 24.4 Å². The number of hydrogen-bond donors (Lipinski definition) is 1. The summed E-state index contributed by atoms with van der Waals surface area (Å²) in [6.45, 7) is 1.08. The lowest BCUT2D eigenvalue weighted by Gasteiger charge is -2.23. The molecule has 1 spiro atoms. The minimum atomic E-state index is -0.730. The Morgan fingerprint density at radius 2 is 2.03 bits per heavy atom. The van der Waals surface area contributed by atoms with Crippen molar-refractivity contribution < 1.29 is 23.8 Å². The van der Waals surface area contributed by atoms with Gasteiger partial charge in [0, 0.05) is 30.7 Å². The fraction of sp³-hybridized carbons (Fsp3) is 0.318. The van der Waals surface area contributed by atoms with E-state index < -0.39 is 23.5 Å². The van der Waals surface area contributed by atoms with E-state index in [-0.39, 0.29) is 18.6 Å². The van der Waals surface area contributed by atoms with Crippen LogP contribution in [0.3, 0.4) is 0 Å². The van der Waals surface area contributed by atoms with Crippen molar-refractivity contribution in [2.45, 2.75) is 18.2 Å². The second kappa shape index (κ2) is 6.30. The monoisotopic (exact) mass is 405 g/mol. The first-order valence-electron chi connectivity index (χ1n) is 9.88. The molecule has 1 aromatic carbocycles. The van der Waals surface area contributed by atoms with E-state index in [1.54, 1.807) is 35.5 Å². The largest absolute Gasteiger partial charge is 0.454 e. The Balaban J connectivity index is 1.24. The second-order valence-electron chi connectivity index (χ2n) is 8.01. The highest BCUT2D eigenvalue weighted by molar-refractivity contribution is 5.99. The van der Waals surface area contributed by atoms with E-state index in [4.69, 9.17) is 14.2 Å². The Morgan fingerprint density at radius 1 is 1.20 bits per heavy atom. The van der Waals surface area contributed by atoms with Gasteiger partial charge in [0.05, 0.1) is 24.5 Å². The standard InChI is InChI=1S/C22H19N3O5/c26-20(24-14-1-2-15-17(9-14)29-12-28-15)18-16-3-6-22(30-16)11-25(21(27)19(18)22)10-13-4-7-23-8-5-13/h1-9,16,18-19H,10-12H2,(H,24,26)/t16-,18-,19+,22+/m1/s1. The van der Waals surface area contributed by atoms with Crippen LogP contribution in [-0.2, 0) is 20.9 Å². The first-order chi connectivity index (χ1) is 14.6. The molecule has 2 fully saturated rings. The molecule has 4 atom stereocenters. The molecule has 4 aliphatic heterocycles. The summed E-state index contributed by atoms with van der Waals surface area (Å²) in [6, 6.07) is 9.02. The number of benzene rings is 1. The minimum Gasteiger partial charge on any atom is -0.454 e. The van der Waals surface area contributed by atoms with Crippen LogP contribution in [0, 0.1) is 11.8 Å². The van der Waals surface area contributed by atoms with Crippen molar-refractivity contribution >= 4 is 17.5 Å². The van der Waals surface area contributed by atoms with E-state index in [0.717, 1.165) is 5.56 Å². The molecule has 6 rings (SSSR count). The maximum atomic E-state index is 13.3. The van der Waals surface area contributed by atoms with Crippen LogP contribution < -0.4 is 14.8 Å². The molecule has 2 saturated heterocycles. The second-order valence-corrected chi connectivity index (χ2v) is 8.01. The number of pyridine rings is 1. The van der Waals surface area contributed by atoms with Crippen LogP contribution in [0.25, 0.3) is 0 Å². The van der Waals surface area contributed by atoms with Crippen molar-refractivity contribution in [3.8, 4) is 11.5 Å². The molecule has 2 aromatic rings. The van der Waals surface area contributed by atoms with Crippen LogP contribution in [-0.4, -0.2) is 46.7 Å². The lowest BCUT2D eigenvalue weighted by atomic mass is 9.77. The van der Waals surface area contributed by atoms with Crippen LogP contribution in [0.4, 0.5) is 5.69 Å². The molecule has 8 heteroatoms. The summed E-state index contributed by atoms with van der Waals surface area (Å²) >= 11 is 0. The smallest absolute Gasteiger partial charge is 0.231 e. The number of fused-ring (bicyclic) bond motifs is 2. The number of nitrogens with one attached hydrogen (secondary N) is 1. The molecule has 1 aromatic heterocycles. The zero-order chi connectivity index (χ0) is 20.3. The van der Waals surface area contributed by atoms with Crippen LogP contribution in [0.2, 0.25) is 0 Å². The first-order valence-corrected chi connectivity index (χ1v) is 9.88. The van der Waals surface area contributed by atoms with Crippen molar-refractivity contribution in [1.29, 1.82) is 0 Å². The summed E-state index contributed by atoms with van der Waals surface area (Å²) in [7, 11) is 0. The van der Waals surface area contributed by atoms with Gasteiger partial charge in [-0.1, -0.05) is 12.2 Å². The van der Waals surface area contributed by atoms with Crippen molar-refractivity contribution in [1.82, 2.24) is 9.88 Å². The maximum Gasteiger partial charge on any atom is 0.231 e. The molecule has 2 amide bonds. The summed E-state index contributed by atoms with van der Waals surface area (Å²) in [5, 5.41) is 2.93. The fourth-order valence-corrected chi connectivity index (χ4v) is 4.92. The number of carbonyl (C=O) groups is 2. The highest BCUT2D eigenvalue weighted by atomic mass is 16.7. The maximum absolute atomic E-state index is 13.3. The summed E-state index contributed by atoms with van der Waals surface area (Å²) in [5.41, 5.74) is 0.866. The number of aromatic nitrogens is 1. The number of amides is 2. The van der Waals surface area contributed by atoms with Crippen LogP contribution in [0.5, 0.6) is 11.5 Å². The van der Waals surface area contributed by atoms with Crippen molar-refractivity contribution in [2.24, 2.45) is 11.8 Å². The minimum absolute atomic E-state index is 0.0514. The normalized spacial score (nSPS) is 30.1. The zero-order valence-corrected chi connectivity index (χ0v) is 16.0. The van der Waals surface area contributed by atoms with Gasteiger partial charge in [0.25, 0.3) is 0 Å². The SMILES string of the molecule is O=C(Nc1ccc2c(c1)OCO2)[C@H]1[C@H]2C(=O)N(Cc3ccncc3)C[C@@]23C=C[C@H]1O3. The van der Waals surface area contributed by atoms with E-state index in [1.165, 1.54) is 0 Å². The third kappa shape index (κ3) is 2.53. The Kier molecular flexibility index (Phi) is 3.67. The predicted octanol–water partition coefficient (Wildman–Crippen LogP) is 1.73. The number of nitrogens with zero attached hydrogens (tertiary/aromatic N) is 2. The van der Waals surface area contributed by atoms with Gasteiger partial charge in [-0.05, 0) is 29.8 Å². The van der Waals surface area contributed by atoms with E-state index in [0.29, 0.717) is 30.3 Å². The molecule has 0 radical (unpaired) electrons. The molecule has 0 aliphatic carbocycles. The molecule has 0 saturated carbocycles. The molecule has 5 heterocycles. The molecular weight excluding hydrogens is 386 g/mol.